The first-order valence-corrected chi connectivity index (χ1v) is 8.75. The molecule has 2 heterocycles. The summed E-state index contributed by atoms with van der Waals surface area (Å²) in [6.07, 6.45) is 4.04. The second-order valence-electron chi connectivity index (χ2n) is 5.25. The van der Waals surface area contributed by atoms with E-state index in [2.05, 4.69) is 5.32 Å². The summed E-state index contributed by atoms with van der Waals surface area (Å²) in [6.45, 7) is 3.60. The van der Waals surface area contributed by atoms with Crippen LogP contribution in [0.3, 0.4) is 0 Å². The van der Waals surface area contributed by atoms with Crippen LogP contribution in [0.5, 0.6) is 0 Å². The van der Waals surface area contributed by atoms with Gasteiger partial charge in [-0.15, -0.1) is 0 Å². The van der Waals surface area contributed by atoms with Gasteiger partial charge in [0.15, 0.2) is 5.76 Å². The molecule has 0 saturated carbocycles. The molecule has 1 fully saturated rings. The van der Waals surface area contributed by atoms with Crippen molar-refractivity contribution in [2.24, 2.45) is 0 Å². The average Bonchev–Trinajstić information content (AvgIpc) is 3.05. The highest BCUT2D eigenvalue weighted by molar-refractivity contribution is 7.98. The lowest BCUT2D eigenvalue weighted by Crippen LogP contribution is -2.53. The molecule has 122 valence electrons. The van der Waals surface area contributed by atoms with Gasteiger partial charge in [-0.05, 0) is 37.5 Å². The molecule has 2 rings (SSSR count). The van der Waals surface area contributed by atoms with Gasteiger partial charge in [0.05, 0.1) is 19.0 Å². The number of rotatable bonds is 6. The molecule has 2 atom stereocenters. The fourth-order valence-electron chi connectivity index (χ4n) is 2.37. The topological polar surface area (TPSA) is 71.8 Å². The number of furan rings is 1. The van der Waals surface area contributed by atoms with Gasteiger partial charge in [0.25, 0.3) is 5.91 Å². The molecular formula is C15H22N2O4S. The summed E-state index contributed by atoms with van der Waals surface area (Å²) in [5.74, 6) is 0.613. The second-order valence-corrected chi connectivity index (χ2v) is 6.24. The summed E-state index contributed by atoms with van der Waals surface area (Å²) in [5.41, 5.74) is 0. The number of amides is 2. The van der Waals surface area contributed by atoms with Crippen molar-refractivity contribution in [3.63, 3.8) is 0 Å². The zero-order chi connectivity index (χ0) is 15.9. The quantitative estimate of drug-likeness (QED) is 0.855. The first kappa shape index (κ1) is 16.9. The molecule has 1 N–H and O–H groups in total. The van der Waals surface area contributed by atoms with Crippen molar-refractivity contribution in [2.45, 2.75) is 25.5 Å². The van der Waals surface area contributed by atoms with E-state index < -0.39 is 6.04 Å². The number of carbonyl (C=O) groups excluding carboxylic acids is 2. The number of nitrogens with one attached hydrogen (secondary N) is 1. The van der Waals surface area contributed by atoms with Crippen LogP contribution in [0.1, 0.15) is 23.9 Å². The number of nitrogens with zero attached hydrogens (tertiary/aromatic N) is 1. The molecule has 1 aliphatic heterocycles. The number of carbonyl (C=O) groups is 2. The van der Waals surface area contributed by atoms with Gasteiger partial charge in [-0.1, -0.05) is 0 Å². The van der Waals surface area contributed by atoms with Crippen molar-refractivity contribution >= 4 is 23.6 Å². The Bertz CT molecular complexity index is 492. The first-order chi connectivity index (χ1) is 10.6. The molecule has 0 spiro atoms. The second kappa shape index (κ2) is 8.24. The van der Waals surface area contributed by atoms with Crippen molar-refractivity contribution in [1.82, 2.24) is 10.2 Å². The molecule has 7 heteroatoms. The summed E-state index contributed by atoms with van der Waals surface area (Å²) >= 11 is 1.65. The monoisotopic (exact) mass is 326 g/mol. The van der Waals surface area contributed by atoms with Crippen LogP contribution in [-0.4, -0.2) is 60.6 Å². The molecule has 1 saturated heterocycles. The van der Waals surface area contributed by atoms with Gasteiger partial charge in [0, 0.05) is 13.1 Å². The third kappa shape index (κ3) is 4.51. The zero-order valence-corrected chi connectivity index (χ0v) is 13.7. The summed E-state index contributed by atoms with van der Waals surface area (Å²) < 4.78 is 10.5. The molecule has 0 radical (unpaired) electrons. The minimum atomic E-state index is -0.532. The Morgan fingerprint density at radius 2 is 2.36 bits per heavy atom. The smallest absolute Gasteiger partial charge is 0.287 e. The molecule has 0 bridgehead atoms. The van der Waals surface area contributed by atoms with Gasteiger partial charge < -0.3 is 19.4 Å². The SMILES string of the molecule is CSCCC(NC(=O)c1ccco1)C(=O)N1CCOC(C)C1. The van der Waals surface area contributed by atoms with Crippen molar-refractivity contribution < 1.29 is 18.7 Å². The lowest BCUT2D eigenvalue weighted by Gasteiger charge is -2.33. The summed E-state index contributed by atoms with van der Waals surface area (Å²) in [7, 11) is 0. The number of thioether (sulfide) groups is 1. The Morgan fingerprint density at radius 3 is 3.00 bits per heavy atom. The van der Waals surface area contributed by atoms with E-state index in [0.717, 1.165) is 5.75 Å². The van der Waals surface area contributed by atoms with Gasteiger partial charge >= 0.3 is 0 Å². The van der Waals surface area contributed by atoms with E-state index >= 15 is 0 Å². The first-order valence-electron chi connectivity index (χ1n) is 7.35. The normalized spacial score (nSPS) is 19.7. The number of hydrogen-bond acceptors (Lipinski definition) is 5. The minimum absolute atomic E-state index is 0.0275. The maximum Gasteiger partial charge on any atom is 0.287 e. The van der Waals surface area contributed by atoms with E-state index in [-0.39, 0.29) is 23.7 Å². The van der Waals surface area contributed by atoms with Crippen LogP contribution in [-0.2, 0) is 9.53 Å². The van der Waals surface area contributed by atoms with Gasteiger partial charge in [0.1, 0.15) is 6.04 Å². The highest BCUT2D eigenvalue weighted by atomic mass is 32.2. The number of ether oxygens (including phenoxy) is 1. The lowest BCUT2D eigenvalue weighted by atomic mass is 10.1. The molecular weight excluding hydrogens is 304 g/mol. The van der Waals surface area contributed by atoms with Crippen molar-refractivity contribution in [3.05, 3.63) is 24.2 Å². The van der Waals surface area contributed by atoms with Gasteiger partial charge in [-0.3, -0.25) is 9.59 Å². The molecule has 0 aliphatic carbocycles. The highest BCUT2D eigenvalue weighted by Gasteiger charge is 2.29. The molecule has 22 heavy (non-hydrogen) atoms. The highest BCUT2D eigenvalue weighted by Crippen LogP contribution is 2.11. The summed E-state index contributed by atoms with van der Waals surface area (Å²) in [6, 6.07) is 2.70. The predicted octanol–water partition coefficient (Wildman–Crippen LogP) is 1.38. The maximum absolute atomic E-state index is 12.7. The zero-order valence-electron chi connectivity index (χ0n) is 12.9. The van der Waals surface area contributed by atoms with Gasteiger partial charge in [0.2, 0.25) is 5.91 Å². The Balaban J connectivity index is 2.01. The van der Waals surface area contributed by atoms with Crippen LogP contribution in [0.15, 0.2) is 22.8 Å². The Labute approximate surface area is 134 Å². The van der Waals surface area contributed by atoms with Crippen LogP contribution in [0.25, 0.3) is 0 Å². The molecule has 0 aromatic carbocycles. The van der Waals surface area contributed by atoms with E-state index in [4.69, 9.17) is 9.15 Å². The van der Waals surface area contributed by atoms with Gasteiger partial charge in [-0.25, -0.2) is 0 Å². The number of morpholine rings is 1. The van der Waals surface area contributed by atoms with Crippen molar-refractivity contribution in [1.29, 1.82) is 0 Å². The Morgan fingerprint density at radius 1 is 1.55 bits per heavy atom. The third-order valence-electron chi connectivity index (χ3n) is 3.51. The minimum Gasteiger partial charge on any atom is -0.459 e. The maximum atomic E-state index is 12.7. The van der Waals surface area contributed by atoms with Crippen LogP contribution in [0, 0.1) is 0 Å². The summed E-state index contributed by atoms with van der Waals surface area (Å²) in [5, 5.41) is 2.79. The third-order valence-corrected chi connectivity index (χ3v) is 4.16. The lowest BCUT2D eigenvalue weighted by molar-refractivity contribution is -0.140. The van der Waals surface area contributed by atoms with E-state index in [1.807, 2.05) is 13.2 Å². The Kier molecular flexibility index (Phi) is 6.33. The average molecular weight is 326 g/mol. The fraction of sp³-hybridized carbons (Fsp3) is 0.600. The molecule has 2 amide bonds. The molecule has 1 aromatic rings. The fourth-order valence-corrected chi connectivity index (χ4v) is 2.84. The van der Waals surface area contributed by atoms with E-state index in [0.29, 0.717) is 26.1 Å². The predicted molar refractivity (Wildman–Crippen MR) is 85.0 cm³/mol. The van der Waals surface area contributed by atoms with Crippen LogP contribution < -0.4 is 5.32 Å². The standard InChI is InChI=1S/C15H22N2O4S/c1-11-10-17(6-8-20-11)15(19)12(5-9-22-2)16-14(18)13-4-3-7-21-13/h3-4,7,11-12H,5-6,8-10H2,1-2H3,(H,16,18). The van der Waals surface area contributed by atoms with Gasteiger partial charge in [-0.2, -0.15) is 11.8 Å². The van der Waals surface area contributed by atoms with Crippen LogP contribution >= 0.6 is 11.8 Å². The van der Waals surface area contributed by atoms with Crippen molar-refractivity contribution in [2.75, 3.05) is 31.7 Å². The largest absolute Gasteiger partial charge is 0.459 e. The van der Waals surface area contributed by atoms with Crippen LogP contribution in [0.2, 0.25) is 0 Å². The molecule has 6 nitrogen and oxygen atoms in total. The summed E-state index contributed by atoms with van der Waals surface area (Å²) in [4.78, 5) is 26.6. The van der Waals surface area contributed by atoms with E-state index in [1.54, 1.807) is 28.8 Å². The van der Waals surface area contributed by atoms with Crippen molar-refractivity contribution in [3.8, 4) is 0 Å². The molecule has 2 unspecified atom stereocenters. The van der Waals surface area contributed by atoms with E-state index in [9.17, 15) is 9.59 Å². The Hall–Kier alpha value is -1.47. The number of hydrogen-bond donors (Lipinski definition) is 1. The molecule has 1 aliphatic rings. The van der Waals surface area contributed by atoms with Crippen LogP contribution in [0.4, 0.5) is 0 Å². The van der Waals surface area contributed by atoms with E-state index in [1.165, 1.54) is 6.26 Å². The molecule has 1 aromatic heterocycles.